The van der Waals surface area contributed by atoms with Crippen molar-refractivity contribution in [3.05, 3.63) is 23.8 Å². The molecule has 1 aliphatic rings. The smallest absolute Gasteiger partial charge is 0.417 e. The fourth-order valence-electron chi connectivity index (χ4n) is 2.46. The molecule has 10 heteroatoms. The molecule has 1 aromatic heterocycles. The Labute approximate surface area is 150 Å². The number of rotatable bonds is 4. The average molecular weight is 386 g/mol. The van der Waals surface area contributed by atoms with Gasteiger partial charge in [-0.25, -0.2) is 4.98 Å². The van der Waals surface area contributed by atoms with Crippen LogP contribution in [0.25, 0.3) is 10.9 Å². The predicted octanol–water partition coefficient (Wildman–Crippen LogP) is 2.78. The van der Waals surface area contributed by atoms with Gasteiger partial charge in [0.2, 0.25) is 12.7 Å². The quantitative estimate of drug-likeness (QED) is 0.643. The van der Waals surface area contributed by atoms with Gasteiger partial charge in [-0.15, -0.1) is 0 Å². The van der Waals surface area contributed by atoms with Crippen LogP contribution in [0.5, 0.6) is 11.5 Å². The maximum Gasteiger partial charge on any atom is 0.417 e. The number of pyridine rings is 1. The van der Waals surface area contributed by atoms with Gasteiger partial charge in [0.15, 0.2) is 17.3 Å². The van der Waals surface area contributed by atoms with E-state index in [0.717, 1.165) is 6.07 Å². The number of ether oxygens (including phenoxy) is 2. The third-order valence-corrected chi connectivity index (χ3v) is 4.91. The van der Waals surface area contributed by atoms with Crippen molar-refractivity contribution in [2.75, 3.05) is 13.8 Å². The molecule has 0 aliphatic carbocycles. The maximum atomic E-state index is 13.5. The van der Waals surface area contributed by atoms with Crippen molar-refractivity contribution in [3.8, 4) is 11.5 Å². The van der Waals surface area contributed by atoms with Crippen LogP contribution in [0.1, 0.15) is 12.5 Å². The van der Waals surface area contributed by atoms with Gasteiger partial charge < -0.3 is 14.8 Å². The summed E-state index contributed by atoms with van der Waals surface area (Å²) in [4.78, 5) is 27.7. The summed E-state index contributed by atoms with van der Waals surface area (Å²) in [6, 6.07) is 3.40. The molecule has 0 fully saturated rings. The highest BCUT2D eigenvalue weighted by atomic mass is 32.2. The summed E-state index contributed by atoms with van der Waals surface area (Å²) in [5, 5.41) is 0.883. The fourth-order valence-corrected chi connectivity index (χ4v) is 3.43. The summed E-state index contributed by atoms with van der Waals surface area (Å²) in [5.74, 6) is -0.606. The van der Waals surface area contributed by atoms with Gasteiger partial charge in [0.25, 0.3) is 0 Å². The van der Waals surface area contributed by atoms with Crippen molar-refractivity contribution < 1.29 is 32.2 Å². The molecule has 26 heavy (non-hydrogen) atoms. The molecule has 0 spiro atoms. The van der Waals surface area contributed by atoms with Crippen molar-refractivity contribution >= 4 is 34.4 Å². The fraction of sp³-hybridized carbons (Fsp3) is 0.312. The highest BCUT2D eigenvalue weighted by Crippen LogP contribution is 2.42. The number of ketones is 1. The van der Waals surface area contributed by atoms with Crippen molar-refractivity contribution in [2.45, 2.75) is 23.4 Å². The monoisotopic (exact) mass is 386 g/mol. The summed E-state index contributed by atoms with van der Waals surface area (Å²) in [6.45, 7) is 1.11. The number of aromatic nitrogens is 1. The van der Waals surface area contributed by atoms with Crippen molar-refractivity contribution in [2.24, 2.45) is 0 Å². The number of amides is 1. The number of carbonyl (C=O) groups excluding carboxylic acids is 2. The van der Waals surface area contributed by atoms with Gasteiger partial charge in [-0.1, -0.05) is 11.8 Å². The number of carbonyl (C=O) groups is 2. The van der Waals surface area contributed by atoms with E-state index in [1.54, 1.807) is 0 Å². The van der Waals surface area contributed by atoms with Gasteiger partial charge >= 0.3 is 6.18 Å². The van der Waals surface area contributed by atoms with E-state index in [4.69, 9.17) is 9.47 Å². The normalized spacial score (nSPS) is 14.3. The van der Waals surface area contributed by atoms with Crippen LogP contribution in [0.15, 0.2) is 23.2 Å². The van der Waals surface area contributed by atoms with E-state index < -0.39 is 28.7 Å². The van der Waals surface area contributed by atoms with Gasteiger partial charge in [-0.05, 0) is 19.1 Å². The minimum Gasteiger partial charge on any atom is -0.454 e. The molecule has 0 radical (unpaired) electrons. The third kappa shape index (κ3) is 3.41. The molecule has 1 N–H and O–H groups in total. The van der Waals surface area contributed by atoms with Crippen LogP contribution in [0.2, 0.25) is 0 Å². The lowest BCUT2D eigenvalue weighted by Crippen LogP contribution is -2.34. The number of alkyl halides is 3. The topological polar surface area (TPSA) is 77.5 Å². The number of halogens is 3. The van der Waals surface area contributed by atoms with E-state index in [0.29, 0.717) is 11.8 Å². The molecule has 0 saturated carbocycles. The highest BCUT2D eigenvalue weighted by Gasteiger charge is 2.35. The number of hydrogen-bond donors (Lipinski definition) is 1. The Morgan fingerprint density at radius 1 is 1.23 bits per heavy atom. The second-order valence-electron chi connectivity index (χ2n) is 5.45. The lowest BCUT2D eigenvalue weighted by Gasteiger charge is -2.15. The predicted molar refractivity (Wildman–Crippen MR) is 87.3 cm³/mol. The second-order valence-corrected chi connectivity index (χ2v) is 6.58. The largest absolute Gasteiger partial charge is 0.454 e. The molecule has 1 aromatic carbocycles. The molecular formula is C16H13F3N2O4S. The van der Waals surface area contributed by atoms with Crippen LogP contribution in [-0.4, -0.2) is 35.8 Å². The van der Waals surface area contributed by atoms with Crippen molar-refractivity contribution in [1.82, 2.24) is 10.3 Å². The molecule has 138 valence electrons. The Morgan fingerprint density at radius 3 is 2.46 bits per heavy atom. The first-order valence-corrected chi connectivity index (χ1v) is 8.29. The Kier molecular flexibility index (Phi) is 4.70. The van der Waals surface area contributed by atoms with Crippen LogP contribution in [-0.2, 0) is 15.8 Å². The standard InChI is InChI=1S/C16H13F3N2O4S/c1-7(22)14(15(23)20-2)26-13-4-9(16(17,18)19)8-3-11-12(25-6-24-11)5-10(8)21-13/h3-5,14H,6H2,1-2H3,(H,20,23). The van der Waals surface area contributed by atoms with Gasteiger partial charge in [0.1, 0.15) is 5.25 Å². The average Bonchev–Trinajstić information content (AvgIpc) is 3.02. The van der Waals surface area contributed by atoms with E-state index in [2.05, 4.69) is 10.3 Å². The molecule has 0 bridgehead atoms. The Balaban J connectivity index is 2.13. The van der Waals surface area contributed by atoms with Crippen LogP contribution in [0.3, 0.4) is 0 Å². The first-order valence-electron chi connectivity index (χ1n) is 7.41. The molecular weight excluding hydrogens is 373 g/mol. The molecule has 1 aliphatic heterocycles. The minimum absolute atomic E-state index is 0.0331. The Hall–Kier alpha value is -2.49. The number of fused-ring (bicyclic) bond motifs is 2. The number of nitrogens with zero attached hydrogens (tertiary/aromatic N) is 1. The van der Waals surface area contributed by atoms with Crippen LogP contribution in [0, 0.1) is 0 Å². The van der Waals surface area contributed by atoms with Crippen LogP contribution in [0.4, 0.5) is 13.2 Å². The van der Waals surface area contributed by atoms with Crippen LogP contribution >= 0.6 is 11.8 Å². The lowest BCUT2D eigenvalue weighted by atomic mass is 10.1. The summed E-state index contributed by atoms with van der Waals surface area (Å²) in [6.07, 6.45) is -4.65. The van der Waals surface area contributed by atoms with Crippen molar-refractivity contribution in [1.29, 1.82) is 0 Å². The second kappa shape index (κ2) is 6.67. The molecule has 6 nitrogen and oxygen atoms in total. The SMILES string of the molecule is CNC(=O)C(Sc1cc(C(F)(F)F)c2cc3c(cc2n1)OCO3)C(C)=O. The Morgan fingerprint density at radius 2 is 1.88 bits per heavy atom. The molecule has 2 aromatic rings. The summed E-state index contributed by atoms with van der Waals surface area (Å²) >= 11 is 0.663. The maximum absolute atomic E-state index is 13.5. The van der Waals surface area contributed by atoms with Gasteiger partial charge in [0.05, 0.1) is 16.1 Å². The minimum atomic E-state index is -4.65. The van der Waals surface area contributed by atoms with E-state index in [-0.39, 0.29) is 34.2 Å². The zero-order chi connectivity index (χ0) is 19.1. The molecule has 2 heterocycles. The first kappa shape index (κ1) is 18.3. The zero-order valence-electron chi connectivity index (χ0n) is 13.6. The highest BCUT2D eigenvalue weighted by molar-refractivity contribution is 8.01. The molecule has 3 rings (SSSR count). The number of nitrogens with one attached hydrogen (secondary N) is 1. The van der Waals surface area contributed by atoms with Crippen molar-refractivity contribution in [3.63, 3.8) is 0 Å². The number of thioether (sulfide) groups is 1. The zero-order valence-corrected chi connectivity index (χ0v) is 14.5. The number of benzene rings is 1. The summed E-state index contributed by atoms with van der Waals surface area (Å²) in [7, 11) is 1.34. The van der Waals surface area contributed by atoms with E-state index in [1.165, 1.54) is 26.1 Å². The van der Waals surface area contributed by atoms with Gasteiger partial charge in [-0.3, -0.25) is 9.59 Å². The van der Waals surface area contributed by atoms with Gasteiger partial charge in [-0.2, -0.15) is 13.2 Å². The number of hydrogen-bond acceptors (Lipinski definition) is 6. The molecule has 1 amide bonds. The number of Topliss-reactive ketones (excluding diaryl/α,β-unsaturated/α-hetero) is 1. The lowest BCUT2D eigenvalue weighted by molar-refractivity contribution is -0.136. The Bertz CT molecular complexity index is 901. The molecule has 0 saturated heterocycles. The molecule has 1 unspecified atom stereocenters. The van der Waals surface area contributed by atoms with E-state index in [1.807, 2.05) is 0 Å². The van der Waals surface area contributed by atoms with E-state index in [9.17, 15) is 22.8 Å². The van der Waals surface area contributed by atoms with E-state index >= 15 is 0 Å². The summed E-state index contributed by atoms with van der Waals surface area (Å²) in [5.41, 5.74) is -0.895. The summed E-state index contributed by atoms with van der Waals surface area (Å²) < 4.78 is 50.8. The van der Waals surface area contributed by atoms with Crippen LogP contribution < -0.4 is 14.8 Å². The first-order chi connectivity index (χ1) is 12.2. The van der Waals surface area contributed by atoms with Gasteiger partial charge in [0, 0.05) is 18.5 Å². The third-order valence-electron chi connectivity index (χ3n) is 3.68. The molecule has 1 atom stereocenters.